The molecular weight excluding hydrogens is 363 g/mol. The van der Waals surface area contributed by atoms with Crippen LogP contribution >= 0.6 is 30.7 Å². The molecule has 126 valence electrons. The molecule has 2 aromatic rings. The van der Waals surface area contributed by atoms with Crippen LogP contribution in [-0.2, 0) is 4.57 Å². The number of rotatable bonds is 3. The van der Waals surface area contributed by atoms with Gasteiger partial charge in [0, 0.05) is 27.5 Å². The fourth-order valence-corrected chi connectivity index (χ4v) is 6.34. The minimum absolute atomic E-state index is 0.137. The Hall–Kier alpha value is -1.42. The van der Waals surface area contributed by atoms with Crippen molar-refractivity contribution in [2.24, 2.45) is 0 Å². The van der Waals surface area contributed by atoms with Gasteiger partial charge in [0.15, 0.2) is 0 Å². The van der Waals surface area contributed by atoms with E-state index in [0.717, 1.165) is 9.79 Å². The minimum Gasteiger partial charge on any atom is -0.307 e. The third-order valence-corrected chi connectivity index (χ3v) is 7.79. The third kappa shape index (κ3) is 3.21. The second kappa shape index (κ2) is 6.47. The zero-order valence-electron chi connectivity index (χ0n) is 13.6. The van der Waals surface area contributed by atoms with Crippen LogP contribution < -0.4 is 10.6 Å². The first-order valence-electron chi connectivity index (χ1n) is 7.55. The molecular formula is C17H18ClN2O2PS. The maximum Gasteiger partial charge on any atom is 0.327 e. The van der Waals surface area contributed by atoms with E-state index in [9.17, 15) is 9.36 Å². The van der Waals surface area contributed by atoms with Crippen LogP contribution in [0.1, 0.15) is 13.8 Å². The Morgan fingerprint density at radius 3 is 2.38 bits per heavy atom. The number of halogens is 1. The van der Waals surface area contributed by atoms with Gasteiger partial charge in [-0.1, -0.05) is 23.4 Å². The SMILES string of the molecule is CC(C)N1C(=O)Nc2ccc(Sc3ccc(Cl)cc3)cc2P1(C)=O. The topological polar surface area (TPSA) is 49.4 Å². The molecule has 1 unspecified atom stereocenters. The summed E-state index contributed by atoms with van der Waals surface area (Å²) in [5.41, 5.74) is 0.628. The Labute approximate surface area is 151 Å². The predicted octanol–water partition coefficient (Wildman–Crippen LogP) is 5.28. The number of nitrogens with zero attached hydrogens (tertiary/aromatic N) is 1. The number of benzene rings is 2. The van der Waals surface area contributed by atoms with Gasteiger partial charge in [0.2, 0.25) is 7.29 Å². The molecule has 0 aromatic heterocycles. The molecule has 1 aliphatic rings. The van der Waals surface area contributed by atoms with E-state index in [4.69, 9.17) is 11.6 Å². The Bertz CT molecular complexity index is 839. The van der Waals surface area contributed by atoms with Gasteiger partial charge in [-0.25, -0.2) is 4.79 Å². The highest BCUT2D eigenvalue weighted by atomic mass is 35.5. The highest BCUT2D eigenvalue weighted by Crippen LogP contribution is 2.51. The Morgan fingerprint density at radius 1 is 1.12 bits per heavy atom. The quantitative estimate of drug-likeness (QED) is 0.737. The van der Waals surface area contributed by atoms with E-state index in [1.807, 2.05) is 56.3 Å². The molecule has 3 rings (SSSR count). The van der Waals surface area contributed by atoms with E-state index in [2.05, 4.69) is 5.32 Å². The van der Waals surface area contributed by atoms with Crippen LogP contribution in [0.25, 0.3) is 0 Å². The number of urea groups is 1. The Balaban J connectivity index is 1.98. The van der Waals surface area contributed by atoms with Crippen molar-refractivity contribution in [3.05, 3.63) is 47.5 Å². The van der Waals surface area contributed by atoms with Crippen LogP contribution in [0.2, 0.25) is 5.02 Å². The largest absolute Gasteiger partial charge is 0.327 e. The van der Waals surface area contributed by atoms with Crippen molar-refractivity contribution < 1.29 is 9.36 Å². The first-order chi connectivity index (χ1) is 11.3. The highest BCUT2D eigenvalue weighted by molar-refractivity contribution is 7.99. The maximum absolute atomic E-state index is 13.3. The zero-order chi connectivity index (χ0) is 17.5. The summed E-state index contributed by atoms with van der Waals surface area (Å²) in [5, 5.41) is 4.22. The van der Waals surface area contributed by atoms with Gasteiger partial charge < -0.3 is 5.32 Å². The Morgan fingerprint density at radius 2 is 1.75 bits per heavy atom. The van der Waals surface area contributed by atoms with Gasteiger partial charge >= 0.3 is 6.03 Å². The van der Waals surface area contributed by atoms with Gasteiger partial charge in [0.05, 0.1) is 11.0 Å². The lowest BCUT2D eigenvalue weighted by atomic mass is 10.3. The molecule has 24 heavy (non-hydrogen) atoms. The van der Waals surface area contributed by atoms with Gasteiger partial charge in [-0.3, -0.25) is 9.24 Å². The second-order valence-electron chi connectivity index (χ2n) is 5.98. The third-order valence-electron chi connectivity index (χ3n) is 3.82. The van der Waals surface area contributed by atoms with Crippen LogP contribution in [0.5, 0.6) is 0 Å². The van der Waals surface area contributed by atoms with Crippen LogP contribution in [0.3, 0.4) is 0 Å². The molecule has 7 heteroatoms. The van der Waals surface area contributed by atoms with Crippen LogP contribution in [0.4, 0.5) is 10.5 Å². The van der Waals surface area contributed by atoms with Crippen molar-refractivity contribution in [2.75, 3.05) is 12.0 Å². The highest BCUT2D eigenvalue weighted by Gasteiger charge is 2.39. The first kappa shape index (κ1) is 17.4. The molecule has 0 saturated heterocycles. The van der Waals surface area contributed by atoms with E-state index in [1.54, 1.807) is 18.4 Å². The normalized spacial score (nSPS) is 20.0. The number of anilines is 1. The standard InChI is InChI=1S/C17H18ClN2O2PS/c1-11(2)20-17(21)19-15-9-8-14(10-16(15)23(20,3)22)24-13-6-4-12(18)5-7-13/h4-11H,1-3H3,(H,19,21). The Kier molecular flexibility index (Phi) is 4.69. The number of carbonyl (C=O) groups is 1. The van der Waals surface area contributed by atoms with Gasteiger partial charge in [-0.15, -0.1) is 0 Å². The molecule has 0 radical (unpaired) electrons. The van der Waals surface area contributed by atoms with Crippen LogP contribution in [-0.4, -0.2) is 23.4 Å². The van der Waals surface area contributed by atoms with E-state index in [-0.39, 0.29) is 12.1 Å². The molecule has 2 aromatic carbocycles. The number of amides is 2. The maximum atomic E-state index is 13.3. The van der Waals surface area contributed by atoms with Crippen LogP contribution in [0.15, 0.2) is 52.3 Å². The molecule has 0 aliphatic carbocycles. The summed E-state index contributed by atoms with van der Waals surface area (Å²) in [5.74, 6) is 0. The lowest BCUT2D eigenvalue weighted by Crippen LogP contribution is -2.44. The average Bonchev–Trinajstić information content (AvgIpc) is 2.49. The van der Waals surface area contributed by atoms with Gasteiger partial charge in [-0.2, -0.15) is 0 Å². The second-order valence-corrected chi connectivity index (χ2v) is 10.2. The van der Waals surface area contributed by atoms with Crippen LogP contribution in [0, 0.1) is 0 Å². The summed E-state index contributed by atoms with van der Waals surface area (Å²) in [6.07, 6.45) is 0. The number of hydrogen-bond acceptors (Lipinski definition) is 3. The number of nitrogens with one attached hydrogen (secondary N) is 1. The van der Waals surface area contributed by atoms with E-state index < -0.39 is 7.29 Å². The predicted molar refractivity (Wildman–Crippen MR) is 101 cm³/mol. The summed E-state index contributed by atoms with van der Waals surface area (Å²) >= 11 is 7.48. The molecule has 4 nitrogen and oxygen atoms in total. The van der Waals surface area contributed by atoms with Crippen molar-refractivity contribution in [3.63, 3.8) is 0 Å². The van der Waals surface area contributed by atoms with E-state index >= 15 is 0 Å². The minimum atomic E-state index is -2.95. The van der Waals surface area contributed by atoms with Gasteiger partial charge in [-0.05, 0) is 56.3 Å². The fourth-order valence-electron chi connectivity index (χ4n) is 2.80. The van der Waals surface area contributed by atoms with Gasteiger partial charge in [0.25, 0.3) is 0 Å². The molecule has 1 atom stereocenters. The van der Waals surface area contributed by atoms with Gasteiger partial charge in [0.1, 0.15) is 0 Å². The van der Waals surface area contributed by atoms with E-state index in [0.29, 0.717) is 16.0 Å². The number of hydrogen-bond donors (Lipinski definition) is 1. The fraction of sp³-hybridized carbons (Fsp3) is 0.235. The molecule has 0 bridgehead atoms. The molecule has 1 aliphatic heterocycles. The van der Waals surface area contributed by atoms with E-state index in [1.165, 1.54) is 4.67 Å². The summed E-state index contributed by atoms with van der Waals surface area (Å²) in [4.78, 5) is 14.3. The summed E-state index contributed by atoms with van der Waals surface area (Å²) in [6, 6.07) is 12.8. The molecule has 1 N–H and O–H groups in total. The van der Waals surface area contributed by atoms with Crippen molar-refractivity contribution in [1.82, 2.24) is 4.67 Å². The first-order valence-corrected chi connectivity index (χ1v) is 10.9. The van der Waals surface area contributed by atoms with Crippen molar-refractivity contribution in [2.45, 2.75) is 29.7 Å². The zero-order valence-corrected chi connectivity index (χ0v) is 16.1. The van der Waals surface area contributed by atoms with Crippen molar-refractivity contribution >= 4 is 47.7 Å². The van der Waals surface area contributed by atoms with Crippen molar-refractivity contribution in [1.29, 1.82) is 0 Å². The summed E-state index contributed by atoms with van der Waals surface area (Å²) < 4.78 is 14.8. The monoisotopic (exact) mass is 380 g/mol. The molecule has 0 spiro atoms. The molecule has 1 heterocycles. The lowest BCUT2D eigenvalue weighted by molar-refractivity contribution is 0.229. The summed E-state index contributed by atoms with van der Waals surface area (Å²) in [7, 11) is -2.95. The summed E-state index contributed by atoms with van der Waals surface area (Å²) in [6.45, 7) is 5.39. The molecule has 0 saturated carbocycles. The average molecular weight is 381 g/mol. The number of carbonyl (C=O) groups excluding carboxylic acids is 1. The smallest absolute Gasteiger partial charge is 0.307 e. The number of fused-ring (bicyclic) bond motifs is 1. The molecule has 0 fully saturated rings. The van der Waals surface area contributed by atoms with Crippen molar-refractivity contribution in [3.8, 4) is 0 Å². The lowest BCUT2D eigenvalue weighted by Gasteiger charge is -2.37. The molecule has 2 amide bonds.